The maximum Gasteiger partial charge on any atom is 0.254 e. The fourth-order valence-electron chi connectivity index (χ4n) is 3.45. The number of carbonyl (C=O) groups is 2. The predicted molar refractivity (Wildman–Crippen MR) is 99.2 cm³/mol. The van der Waals surface area contributed by atoms with Crippen LogP contribution in [0, 0.1) is 0 Å². The van der Waals surface area contributed by atoms with Crippen LogP contribution in [0.5, 0.6) is 11.5 Å². The number of ether oxygens (including phenoxy) is 3. The van der Waals surface area contributed by atoms with Crippen molar-refractivity contribution in [2.45, 2.75) is 19.1 Å². The molecule has 2 fully saturated rings. The number of carbonyl (C=O) groups excluding carboxylic acids is 2. The van der Waals surface area contributed by atoms with Crippen molar-refractivity contribution in [3.05, 3.63) is 23.8 Å². The van der Waals surface area contributed by atoms with Crippen molar-refractivity contribution in [3.63, 3.8) is 0 Å². The molecule has 8 nitrogen and oxygen atoms in total. The Bertz CT molecular complexity index is 666. The second-order valence-corrected chi connectivity index (χ2v) is 6.73. The van der Waals surface area contributed by atoms with Gasteiger partial charge in [0.25, 0.3) is 5.91 Å². The average molecular weight is 377 g/mol. The summed E-state index contributed by atoms with van der Waals surface area (Å²) < 4.78 is 16.0. The molecule has 1 N–H and O–H groups in total. The Labute approximate surface area is 159 Å². The highest BCUT2D eigenvalue weighted by Crippen LogP contribution is 2.24. The Morgan fingerprint density at radius 2 is 1.63 bits per heavy atom. The van der Waals surface area contributed by atoms with Crippen LogP contribution in [0.25, 0.3) is 0 Å². The maximum atomic E-state index is 12.8. The van der Waals surface area contributed by atoms with Gasteiger partial charge < -0.3 is 29.3 Å². The minimum atomic E-state index is -0.316. The number of hydrogen-bond donors (Lipinski definition) is 1. The first kappa shape index (κ1) is 19.4. The third kappa shape index (κ3) is 4.33. The van der Waals surface area contributed by atoms with Gasteiger partial charge in [0.05, 0.1) is 26.9 Å². The summed E-state index contributed by atoms with van der Waals surface area (Å²) in [4.78, 5) is 29.1. The Morgan fingerprint density at radius 3 is 2.19 bits per heavy atom. The molecule has 2 aliphatic heterocycles. The Kier molecular flexibility index (Phi) is 6.18. The first-order valence-electron chi connectivity index (χ1n) is 9.19. The molecule has 0 spiro atoms. The Hall–Kier alpha value is -2.32. The van der Waals surface area contributed by atoms with Gasteiger partial charge in [0, 0.05) is 44.4 Å². The van der Waals surface area contributed by atoms with E-state index in [1.165, 1.54) is 0 Å². The number of morpholine rings is 1. The van der Waals surface area contributed by atoms with Crippen LogP contribution in [-0.4, -0.2) is 87.3 Å². The van der Waals surface area contributed by atoms with E-state index in [0.29, 0.717) is 56.4 Å². The molecule has 0 unspecified atom stereocenters. The van der Waals surface area contributed by atoms with Gasteiger partial charge in [0.1, 0.15) is 17.5 Å². The smallest absolute Gasteiger partial charge is 0.254 e. The number of amides is 2. The van der Waals surface area contributed by atoms with E-state index in [1.807, 2.05) is 6.92 Å². The van der Waals surface area contributed by atoms with E-state index >= 15 is 0 Å². The summed E-state index contributed by atoms with van der Waals surface area (Å²) in [5.41, 5.74) is 0.516. The predicted octanol–water partition coefficient (Wildman–Crippen LogP) is 0.365. The van der Waals surface area contributed by atoms with Gasteiger partial charge in [-0.25, -0.2) is 0 Å². The molecule has 27 heavy (non-hydrogen) atoms. The topological polar surface area (TPSA) is 80.3 Å². The fourth-order valence-corrected chi connectivity index (χ4v) is 3.45. The highest BCUT2D eigenvalue weighted by atomic mass is 16.5. The van der Waals surface area contributed by atoms with Crippen molar-refractivity contribution in [1.29, 1.82) is 0 Å². The van der Waals surface area contributed by atoms with Gasteiger partial charge >= 0.3 is 0 Å². The average Bonchev–Trinajstić information content (AvgIpc) is 2.72. The number of piperazine rings is 1. The third-order valence-electron chi connectivity index (χ3n) is 5.06. The molecule has 148 valence electrons. The lowest BCUT2D eigenvalue weighted by Gasteiger charge is -2.38. The van der Waals surface area contributed by atoms with E-state index in [-0.39, 0.29) is 24.0 Å². The lowest BCUT2D eigenvalue weighted by atomic mass is 10.1. The second-order valence-electron chi connectivity index (χ2n) is 6.73. The highest BCUT2D eigenvalue weighted by Gasteiger charge is 2.34. The van der Waals surface area contributed by atoms with Crippen LogP contribution in [0.3, 0.4) is 0 Å². The molecular weight excluding hydrogens is 350 g/mol. The molecule has 2 atom stereocenters. The van der Waals surface area contributed by atoms with Gasteiger partial charge in [0.2, 0.25) is 5.91 Å². The molecule has 3 rings (SSSR count). The van der Waals surface area contributed by atoms with Crippen LogP contribution < -0.4 is 14.8 Å². The molecular formula is C19H27N3O5. The summed E-state index contributed by atoms with van der Waals surface area (Å²) in [6, 6.07) is 4.82. The zero-order chi connectivity index (χ0) is 19.4. The van der Waals surface area contributed by atoms with E-state index in [9.17, 15) is 9.59 Å². The molecule has 0 bridgehead atoms. The molecule has 2 heterocycles. The summed E-state index contributed by atoms with van der Waals surface area (Å²) in [5.74, 6) is 1.09. The summed E-state index contributed by atoms with van der Waals surface area (Å²) in [6.07, 6.45) is -0.143. The molecule has 1 aromatic carbocycles. The SMILES string of the molecule is COc1cc(OC)cc(C(=O)N2CCN(C(=O)[C@H]3NCCO[C@@H]3C)CC2)c1. The van der Waals surface area contributed by atoms with Crippen molar-refractivity contribution in [2.24, 2.45) is 0 Å². The first-order valence-corrected chi connectivity index (χ1v) is 9.19. The molecule has 2 amide bonds. The van der Waals surface area contributed by atoms with Crippen LogP contribution in [0.1, 0.15) is 17.3 Å². The molecule has 2 aliphatic rings. The van der Waals surface area contributed by atoms with Crippen molar-refractivity contribution >= 4 is 11.8 Å². The molecule has 0 radical (unpaired) electrons. The number of nitrogens with one attached hydrogen (secondary N) is 1. The van der Waals surface area contributed by atoms with E-state index < -0.39 is 0 Å². The van der Waals surface area contributed by atoms with E-state index in [4.69, 9.17) is 14.2 Å². The van der Waals surface area contributed by atoms with E-state index in [1.54, 1.807) is 42.2 Å². The number of hydrogen-bond acceptors (Lipinski definition) is 6. The Morgan fingerprint density at radius 1 is 1.04 bits per heavy atom. The lowest BCUT2D eigenvalue weighted by molar-refractivity contribution is -0.140. The van der Waals surface area contributed by atoms with Crippen molar-refractivity contribution in [3.8, 4) is 11.5 Å². The number of nitrogens with zero attached hydrogens (tertiary/aromatic N) is 2. The quantitative estimate of drug-likeness (QED) is 0.816. The minimum Gasteiger partial charge on any atom is -0.497 e. The van der Waals surface area contributed by atoms with E-state index in [2.05, 4.69) is 5.32 Å². The fraction of sp³-hybridized carbons (Fsp3) is 0.579. The second kappa shape index (κ2) is 8.58. The molecule has 0 saturated carbocycles. The van der Waals surface area contributed by atoms with Gasteiger partial charge in [-0.2, -0.15) is 0 Å². The van der Waals surface area contributed by atoms with Crippen molar-refractivity contribution in [2.75, 3.05) is 53.6 Å². The van der Waals surface area contributed by atoms with Crippen LogP contribution in [0.15, 0.2) is 18.2 Å². The molecule has 0 aromatic heterocycles. The normalized spacial score (nSPS) is 23.1. The summed E-state index contributed by atoms with van der Waals surface area (Å²) in [5, 5.41) is 3.23. The summed E-state index contributed by atoms with van der Waals surface area (Å²) >= 11 is 0. The number of benzene rings is 1. The van der Waals surface area contributed by atoms with Crippen molar-refractivity contribution < 1.29 is 23.8 Å². The molecule has 0 aliphatic carbocycles. The van der Waals surface area contributed by atoms with E-state index in [0.717, 1.165) is 0 Å². The zero-order valence-electron chi connectivity index (χ0n) is 16.1. The van der Waals surface area contributed by atoms with Crippen LogP contribution in [0.4, 0.5) is 0 Å². The monoisotopic (exact) mass is 377 g/mol. The summed E-state index contributed by atoms with van der Waals surface area (Å²) in [6.45, 7) is 5.21. The van der Waals surface area contributed by atoms with Gasteiger partial charge in [-0.15, -0.1) is 0 Å². The minimum absolute atomic E-state index is 0.0392. The summed E-state index contributed by atoms with van der Waals surface area (Å²) in [7, 11) is 3.11. The van der Waals surface area contributed by atoms with Crippen LogP contribution >= 0.6 is 0 Å². The van der Waals surface area contributed by atoms with Crippen molar-refractivity contribution in [1.82, 2.24) is 15.1 Å². The van der Waals surface area contributed by atoms with Gasteiger partial charge in [0.15, 0.2) is 0 Å². The van der Waals surface area contributed by atoms with Gasteiger partial charge in [-0.05, 0) is 19.1 Å². The van der Waals surface area contributed by atoms with Gasteiger partial charge in [-0.3, -0.25) is 9.59 Å². The maximum absolute atomic E-state index is 12.8. The highest BCUT2D eigenvalue weighted by molar-refractivity contribution is 5.95. The number of methoxy groups -OCH3 is 2. The lowest BCUT2D eigenvalue weighted by Crippen LogP contribution is -2.60. The Balaban J connectivity index is 1.62. The van der Waals surface area contributed by atoms with Gasteiger partial charge in [-0.1, -0.05) is 0 Å². The molecule has 8 heteroatoms. The zero-order valence-corrected chi connectivity index (χ0v) is 16.1. The molecule has 2 saturated heterocycles. The number of rotatable bonds is 4. The van der Waals surface area contributed by atoms with Crippen LogP contribution in [-0.2, 0) is 9.53 Å². The first-order chi connectivity index (χ1) is 13.0. The third-order valence-corrected chi connectivity index (χ3v) is 5.06. The largest absolute Gasteiger partial charge is 0.497 e. The standard InChI is InChI=1S/C19H27N3O5/c1-13-17(20-4-9-27-13)19(24)22-7-5-21(6-8-22)18(23)14-10-15(25-2)12-16(11-14)26-3/h10-13,17,20H,4-9H2,1-3H3/t13-,17+/m1/s1. The molecule has 1 aromatic rings. The van der Waals surface area contributed by atoms with Crippen LogP contribution in [0.2, 0.25) is 0 Å².